The lowest BCUT2D eigenvalue weighted by molar-refractivity contribution is 0.0251. The average Bonchev–Trinajstić information content (AvgIpc) is 2.62. The van der Waals surface area contributed by atoms with Crippen LogP contribution in [0.5, 0.6) is 0 Å². The van der Waals surface area contributed by atoms with Crippen molar-refractivity contribution >= 4 is 5.69 Å². The Hall–Kier alpha value is -2.45. The topological polar surface area (TPSA) is 36.3 Å². The van der Waals surface area contributed by atoms with E-state index in [0.717, 1.165) is 37.2 Å². The Bertz CT molecular complexity index is 732. The molecule has 0 N–H and O–H groups in total. The molecule has 1 aliphatic rings. The monoisotopic (exact) mass is 328 g/mol. The molecule has 0 unspecified atom stereocenters. The van der Waals surface area contributed by atoms with Gasteiger partial charge in [0.2, 0.25) is 0 Å². The Balaban J connectivity index is 1.54. The van der Waals surface area contributed by atoms with E-state index in [1.165, 1.54) is 24.3 Å². The summed E-state index contributed by atoms with van der Waals surface area (Å²) in [6, 6.07) is 12.7. The van der Waals surface area contributed by atoms with Gasteiger partial charge in [-0.05, 0) is 48.7 Å². The van der Waals surface area contributed by atoms with Gasteiger partial charge in [-0.3, -0.25) is 0 Å². The Kier molecular flexibility index (Phi) is 5.07. The lowest BCUT2D eigenvalue weighted by atomic mass is 10.0. The largest absolute Gasteiger partial charge is 0.373 e. The summed E-state index contributed by atoms with van der Waals surface area (Å²) in [5, 5.41) is 9.16. The van der Waals surface area contributed by atoms with Crippen molar-refractivity contribution < 1.29 is 13.5 Å². The van der Waals surface area contributed by atoms with Crippen LogP contribution in [0, 0.1) is 23.0 Å². The number of rotatable bonds is 4. The van der Waals surface area contributed by atoms with E-state index in [9.17, 15) is 8.78 Å². The molecule has 0 aliphatic carbocycles. The van der Waals surface area contributed by atoms with Gasteiger partial charge in [0.15, 0.2) is 0 Å². The van der Waals surface area contributed by atoms with Crippen molar-refractivity contribution in [3.8, 4) is 6.07 Å². The maximum atomic E-state index is 13.2. The standard InChI is InChI=1S/C19H18F2N2O/c20-16-3-1-14(2-4-16)13-24-18-7-9-23(10-8-18)19-6-5-17(21)11-15(19)12-22/h1-6,11,18H,7-10,13H2. The predicted octanol–water partition coefficient (Wildman–Crippen LogP) is 4.02. The van der Waals surface area contributed by atoms with Crippen molar-refractivity contribution in [2.75, 3.05) is 18.0 Å². The number of halogens is 2. The van der Waals surface area contributed by atoms with E-state index >= 15 is 0 Å². The normalized spacial score (nSPS) is 15.3. The highest BCUT2D eigenvalue weighted by molar-refractivity contribution is 5.59. The van der Waals surface area contributed by atoms with Crippen LogP contribution in [0.1, 0.15) is 24.0 Å². The number of ether oxygens (including phenoxy) is 1. The van der Waals surface area contributed by atoms with Crippen molar-refractivity contribution in [3.05, 3.63) is 65.2 Å². The molecule has 24 heavy (non-hydrogen) atoms. The molecule has 1 saturated heterocycles. The van der Waals surface area contributed by atoms with Crippen molar-refractivity contribution in [2.24, 2.45) is 0 Å². The van der Waals surface area contributed by atoms with Gasteiger partial charge < -0.3 is 9.64 Å². The molecule has 1 heterocycles. The summed E-state index contributed by atoms with van der Waals surface area (Å²) in [4.78, 5) is 2.09. The summed E-state index contributed by atoms with van der Waals surface area (Å²) in [5.41, 5.74) is 2.08. The molecule has 124 valence electrons. The Labute approximate surface area is 140 Å². The van der Waals surface area contributed by atoms with Crippen LogP contribution in [0.3, 0.4) is 0 Å². The highest BCUT2D eigenvalue weighted by Crippen LogP contribution is 2.26. The minimum absolute atomic E-state index is 0.136. The van der Waals surface area contributed by atoms with Gasteiger partial charge in [-0.1, -0.05) is 12.1 Å². The van der Waals surface area contributed by atoms with E-state index in [2.05, 4.69) is 11.0 Å². The van der Waals surface area contributed by atoms with Crippen LogP contribution in [0.2, 0.25) is 0 Å². The first-order valence-corrected chi connectivity index (χ1v) is 7.96. The zero-order chi connectivity index (χ0) is 16.9. The number of nitriles is 1. The summed E-state index contributed by atoms with van der Waals surface area (Å²) in [7, 11) is 0. The van der Waals surface area contributed by atoms with Crippen LogP contribution in [0.4, 0.5) is 14.5 Å². The third kappa shape index (κ3) is 3.90. The fourth-order valence-corrected chi connectivity index (χ4v) is 2.93. The molecule has 0 atom stereocenters. The number of piperidine rings is 1. The number of benzene rings is 2. The fraction of sp³-hybridized carbons (Fsp3) is 0.316. The molecule has 0 bridgehead atoms. The van der Waals surface area contributed by atoms with Gasteiger partial charge in [0.1, 0.15) is 17.7 Å². The summed E-state index contributed by atoms with van der Waals surface area (Å²) >= 11 is 0. The van der Waals surface area contributed by atoms with Gasteiger partial charge >= 0.3 is 0 Å². The summed E-state index contributed by atoms with van der Waals surface area (Å²) in [6.45, 7) is 1.98. The quantitative estimate of drug-likeness (QED) is 0.850. The lowest BCUT2D eigenvalue weighted by Gasteiger charge is -2.34. The van der Waals surface area contributed by atoms with Crippen molar-refractivity contribution in [1.82, 2.24) is 0 Å². The van der Waals surface area contributed by atoms with Gasteiger partial charge in [0.25, 0.3) is 0 Å². The highest BCUT2D eigenvalue weighted by Gasteiger charge is 2.21. The van der Waals surface area contributed by atoms with E-state index in [1.54, 1.807) is 18.2 Å². The molecule has 1 fully saturated rings. The molecule has 5 heteroatoms. The van der Waals surface area contributed by atoms with Gasteiger partial charge in [0, 0.05) is 13.1 Å². The Morgan fingerprint density at radius 2 is 1.71 bits per heavy atom. The molecule has 0 spiro atoms. The number of hydrogen-bond donors (Lipinski definition) is 0. The van der Waals surface area contributed by atoms with Crippen molar-refractivity contribution in [1.29, 1.82) is 5.26 Å². The summed E-state index contributed by atoms with van der Waals surface area (Å²) in [6.07, 6.45) is 1.81. The van der Waals surface area contributed by atoms with Gasteiger partial charge in [0.05, 0.1) is 24.0 Å². The van der Waals surface area contributed by atoms with Gasteiger partial charge in [-0.2, -0.15) is 5.26 Å². The van der Waals surface area contributed by atoms with Crippen molar-refractivity contribution in [2.45, 2.75) is 25.6 Å². The van der Waals surface area contributed by atoms with Crippen LogP contribution in [0.15, 0.2) is 42.5 Å². The number of hydrogen-bond acceptors (Lipinski definition) is 3. The second kappa shape index (κ2) is 7.41. The highest BCUT2D eigenvalue weighted by atomic mass is 19.1. The van der Waals surface area contributed by atoms with Gasteiger partial charge in [-0.25, -0.2) is 8.78 Å². The van der Waals surface area contributed by atoms with Crippen LogP contribution in [-0.2, 0) is 11.3 Å². The second-order valence-corrected chi connectivity index (χ2v) is 5.90. The van der Waals surface area contributed by atoms with E-state index in [0.29, 0.717) is 12.2 Å². The van der Waals surface area contributed by atoms with Crippen molar-refractivity contribution in [3.63, 3.8) is 0 Å². The lowest BCUT2D eigenvalue weighted by Crippen LogP contribution is -2.37. The van der Waals surface area contributed by atoms with Crippen LogP contribution < -0.4 is 4.90 Å². The van der Waals surface area contributed by atoms with Crippen LogP contribution in [0.25, 0.3) is 0 Å². The minimum Gasteiger partial charge on any atom is -0.373 e. The predicted molar refractivity (Wildman–Crippen MR) is 87.5 cm³/mol. The SMILES string of the molecule is N#Cc1cc(F)ccc1N1CCC(OCc2ccc(F)cc2)CC1. The average molecular weight is 328 g/mol. The Morgan fingerprint density at radius 3 is 2.38 bits per heavy atom. The fourth-order valence-electron chi connectivity index (χ4n) is 2.93. The third-order valence-corrected chi connectivity index (χ3v) is 4.26. The second-order valence-electron chi connectivity index (χ2n) is 5.90. The Morgan fingerprint density at radius 1 is 1.04 bits per heavy atom. The first-order valence-electron chi connectivity index (χ1n) is 7.96. The first kappa shape index (κ1) is 16.4. The molecule has 3 nitrogen and oxygen atoms in total. The first-order chi connectivity index (χ1) is 11.7. The van der Waals surface area contributed by atoms with Crippen LogP contribution in [-0.4, -0.2) is 19.2 Å². The number of nitrogens with zero attached hydrogens (tertiary/aromatic N) is 2. The maximum absolute atomic E-state index is 13.2. The molecule has 2 aromatic carbocycles. The van der Waals surface area contributed by atoms with E-state index in [1.807, 2.05) is 0 Å². The molecule has 0 radical (unpaired) electrons. The van der Waals surface area contributed by atoms with E-state index in [4.69, 9.17) is 10.00 Å². The molecule has 0 aromatic heterocycles. The maximum Gasteiger partial charge on any atom is 0.124 e. The molecule has 0 amide bonds. The third-order valence-electron chi connectivity index (χ3n) is 4.26. The summed E-state index contributed by atoms with van der Waals surface area (Å²) < 4.78 is 32.0. The van der Waals surface area contributed by atoms with E-state index in [-0.39, 0.29) is 11.9 Å². The smallest absolute Gasteiger partial charge is 0.124 e. The van der Waals surface area contributed by atoms with Gasteiger partial charge in [-0.15, -0.1) is 0 Å². The molecule has 2 aromatic rings. The number of anilines is 1. The molecular formula is C19H18F2N2O. The van der Waals surface area contributed by atoms with Crippen LogP contribution >= 0.6 is 0 Å². The zero-order valence-electron chi connectivity index (χ0n) is 13.2. The molecule has 3 rings (SSSR count). The minimum atomic E-state index is -0.396. The van der Waals surface area contributed by atoms with E-state index < -0.39 is 5.82 Å². The molecule has 1 aliphatic heterocycles. The molecular weight excluding hydrogens is 310 g/mol. The summed E-state index contributed by atoms with van der Waals surface area (Å²) in [5.74, 6) is -0.646. The molecule has 0 saturated carbocycles. The zero-order valence-corrected chi connectivity index (χ0v) is 13.2.